The second kappa shape index (κ2) is 5.11. The first kappa shape index (κ1) is 14.6. The third-order valence-electron chi connectivity index (χ3n) is 4.15. The number of nitrogens with zero attached hydrogens (tertiary/aromatic N) is 4. The molecule has 1 saturated carbocycles. The van der Waals surface area contributed by atoms with Crippen molar-refractivity contribution in [3.05, 3.63) is 17.0 Å². The molecule has 1 aromatic rings. The van der Waals surface area contributed by atoms with Gasteiger partial charge in [-0.25, -0.2) is 9.69 Å². The fourth-order valence-corrected chi connectivity index (χ4v) is 2.55. The maximum absolute atomic E-state index is 12.5. The van der Waals surface area contributed by atoms with Gasteiger partial charge in [0.1, 0.15) is 5.82 Å². The fraction of sp³-hybridized carbons (Fsp3) is 0.571. The first-order valence-electron chi connectivity index (χ1n) is 7.10. The molecule has 1 fully saturated rings. The Kier molecular flexibility index (Phi) is 3.38. The second-order valence-electron chi connectivity index (χ2n) is 5.60. The van der Waals surface area contributed by atoms with Crippen LogP contribution in [0.5, 0.6) is 0 Å². The van der Waals surface area contributed by atoms with Gasteiger partial charge in [0.05, 0.1) is 7.11 Å². The largest absolute Gasteiger partial charge is 0.510 e. The summed E-state index contributed by atoms with van der Waals surface area (Å²) in [5.41, 5.74) is 1.19. The number of amides is 1. The zero-order valence-corrected chi connectivity index (χ0v) is 13.0. The zero-order valence-electron chi connectivity index (χ0n) is 13.0. The van der Waals surface area contributed by atoms with Crippen LogP contribution in [0.3, 0.4) is 0 Å². The highest BCUT2D eigenvalue weighted by Crippen LogP contribution is 2.40. The summed E-state index contributed by atoms with van der Waals surface area (Å²) in [6.07, 6.45) is 0.465. The molecule has 0 saturated heterocycles. The average Bonchev–Trinajstić information content (AvgIpc) is 3.25. The van der Waals surface area contributed by atoms with Crippen LogP contribution in [0.2, 0.25) is 0 Å². The molecule has 1 aliphatic heterocycles. The van der Waals surface area contributed by atoms with Crippen LogP contribution in [0, 0.1) is 0 Å². The minimum absolute atomic E-state index is 0.246. The quantitative estimate of drug-likeness (QED) is 0.786. The third-order valence-corrected chi connectivity index (χ3v) is 4.15. The Bertz CT molecular complexity index is 674. The number of carbonyl (C=O) groups is 2. The van der Waals surface area contributed by atoms with Gasteiger partial charge < -0.3 is 9.47 Å². The molecule has 22 heavy (non-hydrogen) atoms. The van der Waals surface area contributed by atoms with Crippen molar-refractivity contribution >= 4 is 18.0 Å². The molecule has 2 aliphatic rings. The molecule has 1 unspecified atom stereocenters. The lowest BCUT2D eigenvalue weighted by atomic mass is 10.2. The predicted molar refractivity (Wildman–Crippen MR) is 76.1 cm³/mol. The molecule has 0 N–H and O–H groups in total. The summed E-state index contributed by atoms with van der Waals surface area (Å²) >= 11 is 0. The van der Waals surface area contributed by atoms with E-state index in [0.29, 0.717) is 23.0 Å². The molecule has 1 aromatic heterocycles. The van der Waals surface area contributed by atoms with Crippen molar-refractivity contribution in [3.63, 3.8) is 0 Å². The Morgan fingerprint density at radius 1 is 1.27 bits per heavy atom. The number of carbonyl (C=O) groups excluding carboxylic acids is 2. The number of aromatic nitrogens is 3. The van der Waals surface area contributed by atoms with Crippen LogP contribution in [0.15, 0.2) is 11.1 Å². The minimum Gasteiger partial charge on any atom is -0.438 e. The van der Waals surface area contributed by atoms with E-state index in [1.165, 1.54) is 12.0 Å². The second-order valence-corrected chi connectivity index (χ2v) is 5.60. The van der Waals surface area contributed by atoms with Crippen molar-refractivity contribution in [1.29, 1.82) is 0 Å². The summed E-state index contributed by atoms with van der Waals surface area (Å²) in [4.78, 5) is 25.3. The monoisotopic (exact) mass is 306 g/mol. The van der Waals surface area contributed by atoms with Crippen molar-refractivity contribution in [2.24, 2.45) is 7.05 Å². The SMILES string of the molecule is COC(=O)OC1C(C)=C(C)C(=O)N1c1nnc(C2CC2)n1C. The van der Waals surface area contributed by atoms with Gasteiger partial charge in [-0.2, -0.15) is 0 Å². The molecule has 1 aliphatic carbocycles. The smallest absolute Gasteiger partial charge is 0.438 e. The molecule has 0 radical (unpaired) electrons. The summed E-state index contributed by atoms with van der Waals surface area (Å²) in [7, 11) is 3.04. The summed E-state index contributed by atoms with van der Waals surface area (Å²) in [6.45, 7) is 3.45. The lowest BCUT2D eigenvalue weighted by molar-refractivity contribution is -0.115. The first-order valence-corrected chi connectivity index (χ1v) is 7.10. The highest BCUT2D eigenvalue weighted by atomic mass is 16.7. The van der Waals surface area contributed by atoms with Crippen molar-refractivity contribution in [3.8, 4) is 0 Å². The summed E-state index contributed by atoms with van der Waals surface area (Å²) in [6, 6.07) is 0. The molecular weight excluding hydrogens is 288 g/mol. The standard InChI is InChI=1S/C14H18N4O4/c1-7-8(2)12(22-14(20)21-4)18(11(7)19)13-16-15-10(17(13)3)9-5-6-9/h9,12H,5-6H2,1-4H3. The van der Waals surface area contributed by atoms with Crippen molar-refractivity contribution < 1.29 is 19.1 Å². The fourth-order valence-electron chi connectivity index (χ4n) is 2.55. The number of hydrogen-bond donors (Lipinski definition) is 0. The van der Waals surface area contributed by atoms with Gasteiger partial charge in [-0.15, -0.1) is 10.2 Å². The lowest BCUT2D eigenvalue weighted by Gasteiger charge is -2.24. The van der Waals surface area contributed by atoms with E-state index in [4.69, 9.17) is 4.74 Å². The molecule has 0 bridgehead atoms. The molecule has 0 aromatic carbocycles. The number of ether oxygens (including phenoxy) is 2. The van der Waals surface area contributed by atoms with E-state index >= 15 is 0 Å². The Hall–Kier alpha value is -2.38. The number of hydrogen-bond acceptors (Lipinski definition) is 6. The van der Waals surface area contributed by atoms with Gasteiger partial charge in [0, 0.05) is 18.5 Å². The van der Waals surface area contributed by atoms with E-state index in [-0.39, 0.29) is 5.91 Å². The molecule has 1 atom stereocenters. The third kappa shape index (κ3) is 2.15. The Balaban J connectivity index is 1.96. The van der Waals surface area contributed by atoms with Crippen molar-refractivity contribution in [1.82, 2.24) is 14.8 Å². The van der Waals surface area contributed by atoms with Crippen LogP contribution in [-0.4, -0.2) is 40.2 Å². The van der Waals surface area contributed by atoms with Gasteiger partial charge in [0.2, 0.25) is 12.2 Å². The van der Waals surface area contributed by atoms with Gasteiger partial charge in [0.25, 0.3) is 5.91 Å². The summed E-state index contributed by atoms with van der Waals surface area (Å²) in [5, 5.41) is 8.29. The van der Waals surface area contributed by atoms with Crippen molar-refractivity contribution in [2.75, 3.05) is 12.0 Å². The molecule has 3 rings (SSSR count). The first-order chi connectivity index (χ1) is 10.5. The molecule has 118 valence electrons. The van der Waals surface area contributed by atoms with Crippen LogP contribution in [0.1, 0.15) is 38.4 Å². The molecule has 2 heterocycles. The van der Waals surface area contributed by atoms with E-state index in [9.17, 15) is 9.59 Å². The maximum Gasteiger partial charge on any atom is 0.510 e. The van der Waals surface area contributed by atoms with E-state index < -0.39 is 12.4 Å². The Morgan fingerprint density at radius 3 is 2.55 bits per heavy atom. The van der Waals surface area contributed by atoms with Crippen LogP contribution in [0.25, 0.3) is 0 Å². The Labute approximate surface area is 127 Å². The zero-order chi connectivity index (χ0) is 16.0. The van der Waals surface area contributed by atoms with Crippen LogP contribution in [-0.2, 0) is 21.3 Å². The van der Waals surface area contributed by atoms with Crippen LogP contribution in [0.4, 0.5) is 10.7 Å². The Morgan fingerprint density at radius 2 is 1.95 bits per heavy atom. The van der Waals surface area contributed by atoms with Gasteiger partial charge in [0.15, 0.2) is 0 Å². The van der Waals surface area contributed by atoms with E-state index in [1.54, 1.807) is 18.4 Å². The maximum atomic E-state index is 12.5. The van der Waals surface area contributed by atoms with E-state index in [0.717, 1.165) is 18.7 Å². The van der Waals surface area contributed by atoms with Gasteiger partial charge in [-0.3, -0.25) is 9.36 Å². The molecular formula is C14H18N4O4. The molecule has 8 heteroatoms. The normalized spacial score (nSPS) is 21.5. The van der Waals surface area contributed by atoms with Crippen molar-refractivity contribution in [2.45, 2.75) is 38.8 Å². The average molecular weight is 306 g/mol. The van der Waals surface area contributed by atoms with Crippen LogP contribution < -0.4 is 4.90 Å². The summed E-state index contributed by atoms with van der Waals surface area (Å²) < 4.78 is 11.5. The highest BCUT2D eigenvalue weighted by Gasteiger charge is 2.42. The number of anilines is 1. The number of rotatable bonds is 3. The molecule has 8 nitrogen and oxygen atoms in total. The van der Waals surface area contributed by atoms with Gasteiger partial charge >= 0.3 is 6.16 Å². The lowest BCUT2D eigenvalue weighted by Crippen LogP contribution is -2.40. The molecule has 0 spiro atoms. The van der Waals surface area contributed by atoms with Gasteiger partial charge in [-0.05, 0) is 32.3 Å². The van der Waals surface area contributed by atoms with E-state index in [1.807, 2.05) is 7.05 Å². The van der Waals surface area contributed by atoms with E-state index in [2.05, 4.69) is 14.9 Å². The minimum atomic E-state index is -0.852. The molecule has 1 amide bonds. The van der Waals surface area contributed by atoms with Crippen LogP contribution >= 0.6 is 0 Å². The summed E-state index contributed by atoms with van der Waals surface area (Å²) in [5.74, 6) is 1.38. The topological polar surface area (TPSA) is 86.6 Å². The highest BCUT2D eigenvalue weighted by molar-refractivity contribution is 6.08. The van der Waals surface area contributed by atoms with Gasteiger partial charge in [-0.1, -0.05) is 0 Å². The predicted octanol–water partition coefficient (Wildman–Crippen LogP) is 1.48. The number of methoxy groups -OCH3 is 1.